The standard InChI is InChI=1S/C13H22N5O4Si/c1-7-11-16(10-5-8(20)9(6-19)22-10)13(21)18(23(2,3)4)12(7)17(11)15-14/h8-11,19-20H,5-6H2,1-4H3/q+1/t8-,9+,10?,11?/m0/s1. The summed E-state index contributed by atoms with van der Waals surface area (Å²) in [6.07, 6.45) is -2.50. The topological polar surface area (TPSA) is 105 Å². The van der Waals surface area contributed by atoms with Crippen LogP contribution in [0.2, 0.25) is 19.6 Å². The van der Waals surface area contributed by atoms with Crippen molar-refractivity contribution in [3.63, 3.8) is 0 Å². The first kappa shape index (κ1) is 16.2. The lowest BCUT2D eigenvalue weighted by molar-refractivity contribution is -0.104. The SMILES string of the molecule is CC1=C2N([N+]#N)C1N(C1C[C@H](O)[C@@H](CO)O1)C(=O)N2[Si](C)(C)C. The molecule has 2 fully saturated rings. The van der Waals surface area contributed by atoms with Crippen LogP contribution >= 0.6 is 0 Å². The molecule has 0 saturated carbocycles. The van der Waals surface area contributed by atoms with Gasteiger partial charge in [-0.25, -0.2) is 4.79 Å². The number of carbonyl (C=O) groups is 1. The minimum Gasteiger partial charge on any atom is -0.394 e. The molecule has 0 aromatic heterocycles. The van der Waals surface area contributed by atoms with Crippen molar-refractivity contribution in [2.75, 3.05) is 6.61 Å². The van der Waals surface area contributed by atoms with Crippen molar-refractivity contribution < 1.29 is 19.7 Å². The average Bonchev–Trinajstić information content (AvgIpc) is 2.84. The Hall–Kier alpha value is -1.67. The van der Waals surface area contributed by atoms with Crippen LogP contribution in [-0.4, -0.2) is 70.2 Å². The third-order valence-corrected chi connectivity index (χ3v) is 6.28. The van der Waals surface area contributed by atoms with Gasteiger partial charge in [-0.3, -0.25) is 4.90 Å². The highest BCUT2D eigenvalue weighted by Crippen LogP contribution is 2.46. The van der Waals surface area contributed by atoms with Crippen molar-refractivity contribution in [2.24, 2.45) is 0 Å². The van der Waals surface area contributed by atoms with Gasteiger partial charge in [-0.2, -0.15) is 0 Å². The Morgan fingerprint density at radius 1 is 1.43 bits per heavy atom. The third-order valence-electron chi connectivity index (χ3n) is 4.54. The molecule has 23 heavy (non-hydrogen) atoms. The summed E-state index contributed by atoms with van der Waals surface area (Å²) in [5, 5.41) is 33.2. The molecule has 2 amide bonds. The van der Waals surface area contributed by atoms with Gasteiger partial charge in [0.25, 0.3) is 5.39 Å². The number of hydrogen-bond donors (Lipinski definition) is 2. The normalized spacial score (nSPS) is 34.0. The van der Waals surface area contributed by atoms with Gasteiger partial charge in [0, 0.05) is 17.0 Å². The molecule has 4 heterocycles. The molecular formula is C13H22N5O4Si+. The zero-order valence-corrected chi connectivity index (χ0v) is 14.7. The molecule has 0 radical (unpaired) electrons. The molecule has 2 bridgehead atoms. The summed E-state index contributed by atoms with van der Waals surface area (Å²) in [6, 6.07) is -0.203. The molecule has 0 spiro atoms. The van der Waals surface area contributed by atoms with E-state index >= 15 is 0 Å². The van der Waals surface area contributed by atoms with Gasteiger partial charge < -0.3 is 19.5 Å². The fraction of sp³-hybridized carbons (Fsp3) is 0.769. The predicted molar refractivity (Wildman–Crippen MR) is 82.2 cm³/mol. The van der Waals surface area contributed by atoms with Crippen LogP contribution in [-0.2, 0) is 4.74 Å². The van der Waals surface area contributed by atoms with Crippen molar-refractivity contribution in [1.82, 2.24) is 14.5 Å². The molecular weight excluding hydrogens is 318 g/mol. The van der Waals surface area contributed by atoms with E-state index in [-0.39, 0.29) is 19.1 Å². The lowest BCUT2D eigenvalue weighted by atomic mass is 10.0. The summed E-state index contributed by atoms with van der Waals surface area (Å²) in [5.41, 5.74) is 0.926. The number of aliphatic hydroxyl groups is 2. The van der Waals surface area contributed by atoms with Crippen molar-refractivity contribution in [2.45, 2.75) is 57.6 Å². The second kappa shape index (κ2) is 5.17. The molecule has 2 saturated heterocycles. The number of diazo groups is 1. The number of urea groups is 1. The maximum atomic E-state index is 13.0. The highest BCUT2D eigenvalue weighted by atomic mass is 28.3. The Balaban J connectivity index is 1.98. The fourth-order valence-electron chi connectivity index (χ4n) is 3.47. The Morgan fingerprint density at radius 2 is 2.09 bits per heavy atom. The van der Waals surface area contributed by atoms with Gasteiger partial charge in [0.15, 0.2) is 14.1 Å². The number of aliphatic hydroxyl groups excluding tert-OH is 2. The molecule has 10 heteroatoms. The fourth-order valence-corrected chi connectivity index (χ4v) is 5.08. The molecule has 126 valence electrons. The van der Waals surface area contributed by atoms with E-state index in [1.807, 2.05) is 26.6 Å². The summed E-state index contributed by atoms with van der Waals surface area (Å²) in [5.74, 6) is 0.634. The summed E-state index contributed by atoms with van der Waals surface area (Å²) in [7, 11) is -2.08. The van der Waals surface area contributed by atoms with Gasteiger partial charge >= 0.3 is 11.1 Å². The van der Waals surface area contributed by atoms with E-state index < -0.39 is 32.8 Å². The summed E-state index contributed by atoms with van der Waals surface area (Å²) in [4.78, 5) is 14.5. The van der Waals surface area contributed by atoms with Crippen LogP contribution in [0.3, 0.4) is 0 Å². The Kier molecular flexibility index (Phi) is 3.64. The van der Waals surface area contributed by atoms with Crippen LogP contribution in [0, 0.1) is 5.39 Å². The first-order valence-electron chi connectivity index (χ1n) is 7.64. The highest BCUT2D eigenvalue weighted by Gasteiger charge is 2.63. The van der Waals surface area contributed by atoms with E-state index in [1.54, 1.807) is 4.57 Å². The molecule has 4 aliphatic heterocycles. The smallest absolute Gasteiger partial charge is 0.321 e. The van der Waals surface area contributed by atoms with Crippen molar-refractivity contribution in [1.29, 1.82) is 5.39 Å². The summed E-state index contributed by atoms with van der Waals surface area (Å²) >= 11 is 0. The van der Waals surface area contributed by atoms with Crippen LogP contribution in [0.5, 0.6) is 0 Å². The molecule has 0 aliphatic carbocycles. The van der Waals surface area contributed by atoms with Crippen LogP contribution < -0.4 is 0 Å². The number of fused-ring (bicyclic) bond motifs is 2. The Bertz CT molecular complexity index is 612. The second-order valence-corrected chi connectivity index (χ2v) is 11.9. The monoisotopic (exact) mass is 340 g/mol. The van der Waals surface area contributed by atoms with Gasteiger partial charge in [-0.15, -0.1) is 0 Å². The molecule has 9 nitrogen and oxygen atoms in total. The summed E-state index contributed by atoms with van der Waals surface area (Å²) in [6.45, 7) is 7.66. The number of hydrogen-bond acceptors (Lipinski definition) is 6. The summed E-state index contributed by atoms with van der Waals surface area (Å²) < 4.78 is 7.35. The van der Waals surface area contributed by atoms with E-state index in [0.29, 0.717) is 5.82 Å². The van der Waals surface area contributed by atoms with Gasteiger partial charge in [-0.1, -0.05) is 19.6 Å². The van der Waals surface area contributed by atoms with Gasteiger partial charge in [-0.05, 0) is 6.92 Å². The van der Waals surface area contributed by atoms with Crippen LogP contribution in [0.15, 0.2) is 11.4 Å². The minimum absolute atomic E-state index is 0.203. The second-order valence-electron chi connectivity index (χ2n) is 7.13. The van der Waals surface area contributed by atoms with E-state index in [1.165, 1.54) is 9.91 Å². The molecule has 2 unspecified atom stereocenters. The quantitative estimate of drug-likeness (QED) is 0.578. The number of ether oxygens (including phenoxy) is 1. The molecule has 2 N–H and O–H groups in total. The van der Waals surface area contributed by atoms with Crippen molar-refractivity contribution in [3.05, 3.63) is 16.5 Å². The van der Waals surface area contributed by atoms with E-state index in [0.717, 1.165) is 5.57 Å². The van der Waals surface area contributed by atoms with Gasteiger partial charge in [0.2, 0.25) is 6.17 Å². The average molecular weight is 340 g/mol. The lowest BCUT2D eigenvalue weighted by Crippen LogP contribution is -2.73. The van der Waals surface area contributed by atoms with Crippen molar-refractivity contribution >= 4 is 14.3 Å². The minimum atomic E-state index is -2.08. The third kappa shape index (κ3) is 2.15. The lowest BCUT2D eigenvalue weighted by Gasteiger charge is -2.54. The number of carbonyl (C=O) groups excluding carboxylic acids is 1. The molecule has 4 rings (SSSR count). The molecule has 0 aromatic carbocycles. The van der Waals surface area contributed by atoms with Crippen LogP contribution in [0.1, 0.15) is 13.3 Å². The Labute approximate surface area is 135 Å². The van der Waals surface area contributed by atoms with E-state index in [2.05, 4.69) is 5.08 Å². The van der Waals surface area contributed by atoms with Crippen LogP contribution in [0.4, 0.5) is 4.79 Å². The van der Waals surface area contributed by atoms with Crippen LogP contribution in [0.25, 0.3) is 5.08 Å². The van der Waals surface area contributed by atoms with E-state index in [4.69, 9.17) is 4.74 Å². The zero-order chi connectivity index (χ0) is 17.1. The number of amides is 2. The maximum Gasteiger partial charge on any atom is 0.321 e. The first-order chi connectivity index (χ1) is 10.7. The predicted octanol–water partition coefficient (Wildman–Crippen LogP) is 0.668. The Morgan fingerprint density at radius 3 is 2.57 bits per heavy atom. The first-order valence-corrected chi connectivity index (χ1v) is 11.1. The van der Waals surface area contributed by atoms with Gasteiger partial charge in [0.05, 0.1) is 12.7 Å². The number of rotatable bonds is 3. The molecule has 0 aromatic rings. The number of nitrogens with zero attached hydrogens (tertiary/aromatic N) is 5. The molecule has 4 aliphatic rings. The van der Waals surface area contributed by atoms with E-state index in [9.17, 15) is 20.4 Å². The van der Waals surface area contributed by atoms with Crippen molar-refractivity contribution in [3.8, 4) is 0 Å². The largest absolute Gasteiger partial charge is 0.394 e. The zero-order valence-electron chi connectivity index (χ0n) is 13.7. The van der Waals surface area contributed by atoms with Gasteiger partial charge in [0.1, 0.15) is 12.3 Å². The maximum absolute atomic E-state index is 13.0. The highest BCUT2D eigenvalue weighted by molar-refractivity contribution is 6.76. The molecule has 4 atom stereocenters.